The summed E-state index contributed by atoms with van der Waals surface area (Å²) in [5, 5.41) is 3.08. The van der Waals surface area contributed by atoms with E-state index in [1.54, 1.807) is 18.6 Å². The van der Waals surface area contributed by atoms with Crippen molar-refractivity contribution in [3.8, 4) is 0 Å². The minimum atomic E-state index is 0.0137. The van der Waals surface area contributed by atoms with E-state index < -0.39 is 0 Å². The van der Waals surface area contributed by atoms with Crippen LogP contribution in [0.15, 0.2) is 18.6 Å². The second-order valence-electron chi connectivity index (χ2n) is 7.04. The molecule has 1 atom stereocenters. The molecule has 0 spiro atoms. The van der Waals surface area contributed by atoms with Gasteiger partial charge < -0.3 is 10.2 Å². The van der Waals surface area contributed by atoms with E-state index in [-0.39, 0.29) is 23.8 Å². The standard InChI is InChI=1S/C18H26N4O2/c1-13(11-16-12-19-7-8-20-16)21-17(23)14-5-9-22(10-6-14)18(24)15-3-2-4-15/h7-8,12-15H,2-6,9-11H2,1H3,(H,21,23). The fourth-order valence-corrected chi connectivity index (χ4v) is 3.44. The maximum Gasteiger partial charge on any atom is 0.225 e. The number of piperidine rings is 1. The summed E-state index contributed by atoms with van der Waals surface area (Å²) in [6.07, 6.45) is 10.5. The van der Waals surface area contributed by atoms with Crippen molar-refractivity contribution in [1.82, 2.24) is 20.2 Å². The van der Waals surface area contributed by atoms with Gasteiger partial charge in [-0.25, -0.2) is 0 Å². The molecule has 0 radical (unpaired) electrons. The third-order valence-electron chi connectivity index (χ3n) is 5.15. The molecule has 6 nitrogen and oxygen atoms in total. The Labute approximate surface area is 143 Å². The average molecular weight is 330 g/mol. The molecular formula is C18H26N4O2. The summed E-state index contributed by atoms with van der Waals surface area (Å²) in [6.45, 7) is 3.42. The molecule has 2 amide bonds. The van der Waals surface area contributed by atoms with Crippen LogP contribution in [0.2, 0.25) is 0 Å². The molecule has 6 heteroatoms. The minimum absolute atomic E-state index is 0.0137. The van der Waals surface area contributed by atoms with E-state index >= 15 is 0 Å². The van der Waals surface area contributed by atoms with Gasteiger partial charge in [0.1, 0.15) is 0 Å². The molecule has 1 aromatic rings. The van der Waals surface area contributed by atoms with Gasteiger partial charge >= 0.3 is 0 Å². The van der Waals surface area contributed by atoms with Gasteiger partial charge in [-0.05, 0) is 32.6 Å². The molecule has 24 heavy (non-hydrogen) atoms. The fraction of sp³-hybridized carbons (Fsp3) is 0.667. The molecule has 130 valence electrons. The summed E-state index contributed by atoms with van der Waals surface area (Å²) >= 11 is 0. The van der Waals surface area contributed by atoms with Crippen molar-refractivity contribution in [1.29, 1.82) is 0 Å². The SMILES string of the molecule is CC(Cc1cnccn1)NC(=O)C1CCN(C(=O)C2CCC2)CC1. The number of hydrogen-bond donors (Lipinski definition) is 1. The van der Waals surface area contributed by atoms with Crippen molar-refractivity contribution in [3.05, 3.63) is 24.3 Å². The van der Waals surface area contributed by atoms with Crippen LogP contribution in [0.5, 0.6) is 0 Å². The van der Waals surface area contributed by atoms with Crippen LogP contribution in [-0.4, -0.2) is 45.8 Å². The van der Waals surface area contributed by atoms with Gasteiger partial charge in [0.25, 0.3) is 0 Å². The van der Waals surface area contributed by atoms with Gasteiger partial charge in [-0.1, -0.05) is 6.42 Å². The monoisotopic (exact) mass is 330 g/mol. The first-order valence-electron chi connectivity index (χ1n) is 8.97. The lowest BCUT2D eigenvalue weighted by atomic mass is 9.83. The normalized spacial score (nSPS) is 20.3. The average Bonchev–Trinajstić information content (AvgIpc) is 2.54. The minimum Gasteiger partial charge on any atom is -0.353 e. The van der Waals surface area contributed by atoms with Crippen LogP contribution in [0.4, 0.5) is 0 Å². The van der Waals surface area contributed by atoms with Crippen LogP contribution in [0, 0.1) is 11.8 Å². The van der Waals surface area contributed by atoms with E-state index in [4.69, 9.17) is 0 Å². The molecule has 0 aromatic carbocycles. The Morgan fingerprint density at radius 1 is 1.21 bits per heavy atom. The van der Waals surface area contributed by atoms with Crippen molar-refractivity contribution >= 4 is 11.8 Å². The number of carbonyl (C=O) groups is 2. The van der Waals surface area contributed by atoms with Gasteiger partial charge in [-0.15, -0.1) is 0 Å². The number of amides is 2. The summed E-state index contributed by atoms with van der Waals surface area (Å²) in [7, 11) is 0. The largest absolute Gasteiger partial charge is 0.353 e. The van der Waals surface area contributed by atoms with Crippen molar-refractivity contribution in [2.24, 2.45) is 11.8 Å². The van der Waals surface area contributed by atoms with Gasteiger partial charge in [0.15, 0.2) is 0 Å². The van der Waals surface area contributed by atoms with E-state index in [2.05, 4.69) is 15.3 Å². The first-order valence-corrected chi connectivity index (χ1v) is 8.97. The molecule has 1 aromatic heterocycles. The smallest absolute Gasteiger partial charge is 0.225 e. The quantitative estimate of drug-likeness (QED) is 0.889. The lowest BCUT2D eigenvalue weighted by molar-refractivity contribution is -0.141. The number of carbonyl (C=O) groups excluding carboxylic acids is 2. The van der Waals surface area contributed by atoms with E-state index in [1.165, 1.54) is 6.42 Å². The molecule has 1 saturated carbocycles. The fourth-order valence-electron chi connectivity index (χ4n) is 3.44. The predicted molar refractivity (Wildman–Crippen MR) is 90.0 cm³/mol. The number of hydrogen-bond acceptors (Lipinski definition) is 4. The van der Waals surface area contributed by atoms with Gasteiger partial charge in [-0.3, -0.25) is 19.6 Å². The van der Waals surface area contributed by atoms with E-state index in [9.17, 15) is 9.59 Å². The predicted octanol–water partition coefficient (Wildman–Crippen LogP) is 1.56. The molecule has 3 rings (SSSR count). The lowest BCUT2D eigenvalue weighted by Gasteiger charge is -2.36. The Bertz CT molecular complexity index is 566. The molecule has 1 aliphatic carbocycles. The molecule has 2 fully saturated rings. The molecular weight excluding hydrogens is 304 g/mol. The second kappa shape index (κ2) is 7.73. The van der Waals surface area contributed by atoms with E-state index in [0.29, 0.717) is 25.4 Å². The van der Waals surface area contributed by atoms with Crippen molar-refractivity contribution in [2.45, 2.75) is 51.5 Å². The Hall–Kier alpha value is -1.98. The van der Waals surface area contributed by atoms with Gasteiger partial charge in [0.2, 0.25) is 11.8 Å². The Balaban J connectivity index is 1.42. The highest BCUT2D eigenvalue weighted by molar-refractivity contribution is 5.81. The zero-order chi connectivity index (χ0) is 16.9. The third-order valence-corrected chi connectivity index (χ3v) is 5.15. The molecule has 0 bridgehead atoms. The van der Waals surface area contributed by atoms with E-state index in [0.717, 1.165) is 31.4 Å². The summed E-state index contributed by atoms with van der Waals surface area (Å²) in [5.74, 6) is 0.667. The summed E-state index contributed by atoms with van der Waals surface area (Å²) in [4.78, 5) is 34.9. The molecule has 1 aliphatic heterocycles. The van der Waals surface area contributed by atoms with Gasteiger partial charge in [-0.2, -0.15) is 0 Å². The zero-order valence-electron chi connectivity index (χ0n) is 14.3. The van der Waals surface area contributed by atoms with Gasteiger partial charge in [0, 0.05) is 56.0 Å². The number of aromatic nitrogens is 2. The number of nitrogens with one attached hydrogen (secondary N) is 1. The Morgan fingerprint density at radius 3 is 2.54 bits per heavy atom. The first kappa shape index (κ1) is 16.9. The summed E-state index contributed by atoms with van der Waals surface area (Å²) in [5.41, 5.74) is 0.881. The maximum absolute atomic E-state index is 12.4. The Morgan fingerprint density at radius 2 is 1.96 bits per heavy atom. The van der Waals surface area contributed by atoms with Crippen molar-refractivity contribution in [2.75, 3.05) is 13.1 Å². The highest BCUT2D eigenvalue weighted by Gasteiger charge is 2.33. The van der Waals surface area contributed by atoms with Gasteiger partial charge in [0.05, 0.1) is 5.69 Å². The summed E-state index contributed by atoms with van der Waals surface area (Å²) < 4.78 is 0. The van der Waals surface area contributed by atoms with Crippen molar-refractivity contribution in [3.63, 3.8) is 0 Å². The second-order valence-corrected chi connectivity index (χ2v) is 7.04. The molecule has 1 unspecified atom stereocenters. The van der Waals surface area contributed by atoms with Crippen LogP contribution in [0.25, 0.3) is 0 Å². The molecule has 1 saturated heterocycles. The highest BCUT2D eigenvalue weighted by Crippen LogP contribution is 2.30. The molecule has 1 N–H and O–H groups in total. The Kier molecular flexibility index (Phi) is 5.43. The van der Waals surface area contributed by atoms with Crippen LogP contribution in [-0.2, 0) is 16.0 Å². The van der Waals surface area contributed by atoms with Crippen LogP contribution >= 0.6 is 0 Å². The highest BCUT2D eigenvalue weighted by atomic mass is 16.2. The number of rotatable bonds is 5. The van der Waals surface area contributed by atoms with Crippen molar-refractivity contribution < 1.29 is 9.59 Å². The van der Waals surface area contributed by atoms with Crippen LogP contribution in [0.3, 0.4) is 0 Å². The van der Waals surface area contributed by atoms with Crippen LogP contribution < -0.4 is 5.32 Å². The third kappa shape index (κ3) is 4.10. The van der Waals surface area contributed by atoms with Crippen LogP contribution in [0.1, 0.15) is 44.7 Å². The summed E-state index contributed by atoms with van der Waals surface area (Å²) in [6, 6.07) is 0.0313. The lowest BCUT2D eigenvalue weighted by Crippen LogP contribution is -2.47. The topological polar surface area (TPSA) is 75.2 Å². The first-order chi connectivity index (χ1) is 11.6. The molecule has 2 heterocycles. The number of likely N-dealkylation sites (tertiary alicyclic amines) is 1. The maximum atomic E-state index is 12.4. The number of nitrogens with zero attached hydrogens (tertiary/aromatic N) is 3. The van der Waals surface area contributed by atoms with E-state index in [1.807, 2.05) is 11.8 Å². The molecule has 2 aliphatic rings. The zero-order valence-corrected chi connectivity index (χ0v) is 14.3.